The smallest absolute Gasteiger partial charge is 0.0175 e. The molecule has 0 radical (unpaired) electrons. The summed E-state index contributed by atoms with van der Waals surface area (Å²) in [6.45, 7) is 12.2. The Balaban J connectivity index is 0.000000771. The van der Waals surface area contributed by atoms with Crippen LogP contribution in [0, 0.1) is 6.92 Å². The maximum atomic E-state index is 4.00. The molecule has 2 aromatic rings. The first kappa shape index (κ1) is 14.2. The summed E-state index contributed by atoms with van der Waals surface area (Å²) in [5, 5.41) is 0. The second-order valence-corrected chi connectivity index (χ2v) is 4.23. The van der Waals surface area contributed by atoms with Gasteiger partial charge in [-0.25, -0.2) is 0 Å². The van der Waals surface area contributed by atoms with Gasteiger partial charge in [-0.15, -0.1) is 0 Å². The highest BCUT2D eigenvalue weighted by Gasteiger charge is 2.01. The standard InChI is InChI=1S/C16H16.C2H6/c1-12(2)15-9-13(3)10-16(11-15)14-7-5-4-6-8-14;1-2/h4-11H,1H2,2-3H3;1-2H3. The largest absolute Gasteiger partial charge is 0.0955 e. The molecule has 0 nitrogen and oxygen atoms in total. The Labute approximate surface area is 111 Å². The lowest BCUT2D eigenvalue weighted by atomic mass is 9.98. The molecule has 0 aromatic heterocycles. The molecule has 0 unspecified atom stereocenters. The third-order valence-corrected chi connectivity index (χ3v) is 2.68. The lowest BCUT2D eigenvalue weighted by molar-refractivity contribution is 1.43. The van der Waals surface area contributed by atoms with E-state index in [1.54, 1.807) is 0 Å². The molecule has 0 bridgehead atoms. The quantitative estimate of drug-likeness (QED) is 0.627. The summed E-state index contributed by atoms with van der Waals surface area (Å²) >= 11 is 0. The van der Waals surface area contributed by atoms with Gasteiger partial charge < -0.3 is 0 Å². The van der Waals surface area contributed by atoms with Gasteiger partial charge in [-0.2, -0.15) is 0 Å². The monoisotopic (exact) mass is 238 g/mol. The van der Waals surface area contributed by atoms with Crippen LogP contribution in [-0.4, -0.2) is 0 Å². The summed E-state index contributed by atoms with van der Waals surface area (Å²) in [7, 11) is 0. The van der Waals surface area contributed by atoms with Crippen molar-refractivity contribution in [2.24, 2.45) is 0 Å². The molecule has 0 aliphatic carbocycles. The van der Waals surface area contributed by atoms with Gasteiger partial charge in [0.2, 0.25) is 0 Å². The highest BCUT2D eigenvalue weighted by atomic mass is 14.1. The van der Waals surface area contributed by atoms with Crippen molar-refractivity contribution in [1.82, 2.24) is 0 Å². The maximum Gasteiger partial charge on any atom is -0.0175 e. The zero-order valence-corrected chi connectivity index (χ0v) is 11.8. The highest BCUT2D eigenvalue weighted by Crippen LogP contribution is 2.24. The summed E-state index contributed by atoms with van der Waals surface area (Å²) in [6, 6.07) is 17.0. The van der Waals surface area contributed by atoms with Crippen LogP contribution in [0.5, 0.6) is 0 Å². The van der Waals surface area contributed by atoms with E-state index in [1.807, 2.05) is 26.8 Å². The molecule has 0 heterocycles. The zero-order chi connectivity index (χ0) is 13.5. The number of allylic oxidation sites excluding steroid dienone is 1. The van der Waals surface area contributed by atoms with Gasteiger partial charge in [0.05, 0.1) is 0 Å². The number of rotatable bonds is 2. The van der Waals surface area contributed by atoms with Crippen LogP contribution in [0.4, 0.5) is 0 Å². The molecule has 18 heavy (non-hydrogen) atoms. The van der Waals surface area contributed by atoms with Crippen molar-refractivity contribution in [1.29, 1.82) is 0 Å². The van der Waals surface area contributed by atoms with Crippen molar-refractivity contribution >= 4 is 5.57 Å². The number of hydrogen-bond acceptors (Lipinski definition) is 0. The van der Waals surface area contributed by atoms with Crippen molar-refractivity contribution in [3.05, 3.63) is 66.2 Å². The van der Waals surface area contributed by atoms with E-state index in [4.69, 9.17) is 0 Å². The Morgan fingerprint density at radius 3 is 2.06 bits per heavy atom. The van der Waals surface area contributed by atoms with E-state index in [1.165, 1.54) is 22.3 Å². The van der Waals surface area contributed by atoms with E-state index in [2.05, 4.69) is 56.0 Å². The highest BCUT2D eigenvalue weighted by molar-refractivity contribution is 5.71. The second-order valence-electron chi connectivity index (χ2n) is 4.23. The Morgan fingerprint density at radius 2 is 1.50 bits per heavy atom. The minimum atomic E-state index is 1.11. The van der Waals surface area contributed by atoms with E-state index in [0.29, 0.717) is 0 Å². The first-order valence-electron chi connectivity index (χ1n) is 6.50. The molecule has 0 saturated carbocycles. The molecule has 0 spiro atoms. The van der Waals surface area contributed by atoms with Gasteiger partial charge >= 0.3 is 0 Å². The summed E-state index contributed by atoms with van der Waals surface area (Å²) in [6.07, 6.45) is 0. The third kappa shape index (κ3) is 3.59. The Kier molecular flexibility index (Phi) is 5.38. The molecule has 0 fully saturated rings. The molecule has 2 rings (SSSR count). The second kappa shape index (κ2) is 6.80. The average Bonchev–Trinajstić information content (AvgIpc) is 2.41. The molecule has 94 valence electrons. The Bertz CT molecular complexity index is 507. The zero-order valence-electron chi connectivity index (χ0n) is 11.8. The first-order valence-corrected chi connectivity index (χ1v) is 6.50. The van der Waals surface area contributed by atoms with Gasteiger partial charge in [-0.3, -0.25) is 0 Å². The average molecular weight is 238 g/mol. The van der Waals surface area contributed by atoms with Gasteiger partial charge in [0.15, 0.2) is 0 Å². The number of hydrogen-bond donors (Lipinski definition) is 0. The van der Waals surface area contributed by atoms with Crippen molar-refractivity contribution in [3.8, 4) is 11.1 Å². The molecule has 0 amide bonds. The van der Waals surface area contributed by atoms with Crippen LogP contribution in [-0.2, 0) is 0 Å². The Morgan fingerprint density at radius 1 is 0.889 bits per heavy atom. The SMILES string of the molecule is C=C(C)c1cc(C)cc(-c2ccccc2)c1.CC. The third-order valence-electron chi connectivity index (χ3n) is 2.68. The molecular weight excluding hydrogens is 216 g/mol. The molecule has 0 aliphatic rings. The fourth-order valence-electron chi connectivity index (χ4n) is 1.83. The fourth-order valence-corrected chi connectivity index (χ4v) is 1.83. The molecule has 0 atom stereocenters. The predicted molar refractivity (Wildman–Crippen MR) is 82.7 cm³/mol. The summed E-state index contributed by atoms with van der Waals surface area (Å²) in [5.41, 5.74) is 6.13. The number of aryl methyl sites for hydroxylation is 1. The van der Waals surface area contributed by atoms with Gasteiger partial charge in [0.1, 0.15) is 0 Å². The summed E-state index contributed by atoms with van der Waals surface area (Å²) in [4.78, 5) is 0. The minimum absolute atomic E-state index is 1.11. The Hall–Kier alpha value is -1.82. The first-order chi connectivity index (χ1) is 8.66. The molecule has 0 saturated heterocycles. The van der Waals surface area contributed by atoms with Gasteiger partial charge in [0, 0.05) is 0 Å². The van der Waals surface area contributed by atoms with E-state index >= 15 is 0 Å². The van der Waals surface area contributed by atoms with Crippen LogP contribution in [0.15, 0.2) is 55.1 Å². The van der Waals surface area contributed by atoms with Crippen molar-refractivity contribution in [3.63, 3.8) is 0 Å². The van der Waals surface area contributed by atoms with Gasteiger partial charge in [-0.05, 0) is 42.2 Å². The lowest BCUT2D eigenvalue weighted by Gasteiger charge is -2.07. The van der Waals surface area contributed by atoms with Crippen molar-refractivity contribution in [2.75, 3.05) is 0 Å². The van der Waals surface area contributed by atoms with E-state index in [9.17, 15) is 0 Å². The van der Waals surface area contributed by atoms with Crippen LogP contribution in [0.25, 0.3) is 16.7 Å². The molecular formula is C18H22. The van der Waals surface area contributed by atoms with Crippen molar-refractivity contribution in [2.45, 2.75) is 27.7 Å². The lowest BCUT2D eigenvalue weighted by Crippen LogP contribution is -1.84. The van der Waals surface area contributed by atoms with E-state index in [0.717, 1.165) is 5.57 Å². The van der Waals surface area contributed by atoms with Gasteiger partial charge in [0.25, 0.3) is 0 Å². The van der Waals surface area contributed by atoms with E-state index in [-0.39, 0.29) is 0 Å². The van der Waals surface area contributed by atoms with Gasteiger partial charge in [-0.1, -0.05) is 68.5 Å². The van der Waals surface area contributed by atoms with Crippen LogP contribution in [0.3, 0.4) is 0 Å². The summed E-state index contributed by atoms with van der Waals surface area (Å²) in [5.74, 6) is 0. The number of benzene rings is 2. The van der Waals surface area contributed by atoms with Crippen LogP contribution < -0.4 is 0 Å². The van der Waals surface area contributed by atoms with Crippen LogP contribution >= 0.6 is 0 Å². The van der Waals surface area contributed by atoms with E-state index < -0.39 is 0 Å². The van der Waals surface area contributed by atoms with Crippen LogP contribution in [0.1, 0.15) is 31.9 Å². The summed E-state index contributed by atoms with van der Waals surface area (Å²) < 4.78 is 0. The predicted octanol–water partition coefficient (Wildman–Crippen LogP) is 5.72. The molecule has 0 heteroatoms. The normalized spacial score (nSPS) is 9.33. The minimum Gasteiger partial charge on any atom is -0.0955 e. The molecule has 2 aromatic carbocycles. The van der Waals surface area contributed by atoms with Crippen LogP contribution in [0.2, 0.25) is 0 Å². The molecule has 0 N–H and O–H groups in total. The fraction of sp³-hybridized carbons (Fsp3) is 0.222. The molecule has 0 aliphatic heterocycles. The maximum absolute atomic E-state index is 4.00. The van der Waals surface area contributed by atoms with Crippen molar-refractivity contribution < 1.29 is 0 Å². The topological polar surface area (TPSA) is 0 Å².